The van der Waals surface area contributed by atoms with E-state index < -0.39 is 0 Å². The summed E-state index contributed by atoms with van der Waals surface area (Å²) < 4.78 is 5.18. The van der Waals surface area contributed by atoms with Gasteiger partial charge in [0.1, 0.15) is 11.6 Å². The Hall–Kier alpha value is -1.81. The fraction of sp³-hybridized carbons (Fsp3) is 0.400. The van der Waals surface area contributed by atoms with Gasteiger partial charge in [0.2, 0.25) is 0 Å². The van der Waals surface area contributed by atoms with Gasteiger partial charge in [-0.05, 0) is 30.7 Å². The summed E-state index contributed by atoms with van der Waals surface area (Å²) in [5.41, 5.74) is 1.30. The Morgan fingerprint density at radius 1 is 1.26 bits per heavy atom. The largest absolute Gasteiger partial charge is 0.497 e. The number of hydrogen-bond donors (Lipinski definition) is 2. The third-order valence-corrected chi connectivity index (χ3v) is 3.13. The molecule has 1 aromatic carbocycles. The molecule has 0 radical (unpaired) electrons. The molecule has 0 saturated heterocycles. The molecule has 2 aromatic rings. The molecular weight excluding hydrogens is 238 g/mol. The highest BCUT2D eigenvalue weighted by molar-refractivity contribution is 5.27. The first-order valence-electron chi connectivity index (χ1n) is 6.66. The predicted molar refractivity (Wildman–Crippen MR) is 76.5 cm³/mol. The molecule has 0 amide bonds. The minimum Gasteiger partial charge on any atom is -0.497 e. The average Bonchev–Trinajstić information content (AvgIpc) is 2.93. The first-order chi connectivity index (χ1) is 9.31. The fourth-order valence-electron chi connectivity index (χ4n) is 2.19. The molecule has 2 rings (SSSR count). The highest BCUT2D eigenvalue weighted by Gasteiger charge is 2.10. The molecule has 0 aliphatic carbocycles. The smallest absolute Gasteiger partial charge is 0.118 e. The minimum absolute atomic E-state index is 0.393. The molecule has 19 heavy (non-hydrogen) atoms. The van der Waals surface area contributed by atoms with Crippen LogP contribution in [0.3, 0.4) is 0 Å². The van der Waals surface area contributed by atoms with Gasteiger partial charge in [0, 0.05) is 24.9 Å². The molecule has 102 valence electrons. The van der Waals surface area contributed by atoms with Crippen molar-refractivity contribution >= 4 is 0 Å². The van der Waals surface area contributed by atoms with E-state index in [-0.39, 0.29) is 0 Å². The van der Waals surface area contributed by atoms with Gasteiger partial charge in [-0.1, -0.05) is 19.1 Å². The van der Waals surface area contributed by atoms with E-state index in [9.17, 15) is 0 Å². The summed E-state index contributed by atoms with van der Waals surface area (Å²) in [5.74, 6) is 1.93. The van der Waals surface area contributed by atoms with Crippen LogP contribution in [0.4, 0.5) is 0 Å². The third-order valence-electron chi connectivity index (χ3n) is 3.13. The van der Waals surface area contributed by atoms with Crippen LogP contribution < -0.4 is 10.1 Å². The molecule has 1 atom stereocenters. The van der Waals surface area contributed by atoms with E-state index in [4.69, 9.17) is 4.74 Å². The van der Waals surface area contributed by atoms with Crippen LogP contribution in [-0.4, -0.2) is 29.7 Å². The summed E-state index contributed by atoms with van der Waals surface area (Å²) in [6.07, 6.45) is 5.56. The molecule has 2 N–H and O–H groups in total. The molecule has 0 aliphatic heterocycles. The molecule has 1 unspecified atom stereocenters. The van der Waals surface area contributed by atoms with Gasteiger partial charge in [-0.25, -0.2) is 4.98 Å². The number of nitrogens with one attached hydrogen (secondary N) is 2. The molecule has 1 heterocycles. The number of ether oxygens (including phenoxy) is 1. The van der Waals surface area contributed by atoms with Gasteiger partial charge in [-0.15, -0.1) is 0 Å². The van der Waals surface area contributed by atoms with Crippen molar-refractivity contribution in [3.8, 4) is 5.75 Å². The van der Waals surface area contributed by atoms with Crippen LogP contribution in [-0.2, 0) is 12.8 Å². The Kier molecular flexibility index (Phi) is 4.98. The normalized spacial score (nSPS) is 12.3. The van der Waals surface area contributed by atoms with Crippen molar-refractivity contribution in [3.63, 3.8) is 0 Å². The lowest BCUT2D eigenvalue weighted by atomic mass is 10.0. The third kappa shape index (κ3) is 4.10. The zero-order valence-corrected chi connectivity index (χ0v) is 11.5. The summed E-state index contributed by atoms with van der Waals surface area (Å²) in [5, 5.41) is 3.51. The summed E-state index contributed by atoms with van der Waals surface area (Å²) in [6.45, 7) is 3.09. The van der Waals surface area contributed by atoms with Crippen molar-refractivity contribution < 1.29 is 4.74 Å². The van der Waals surface area contributed by atoms with E-state index in [1.807, 2.05) is 18.3 Å². The maximum atomic E-state index is 5.18. The Labute approximate surface area is 114 Å². The van der Waals surface area contributed by atoms with Gasteiger partial charge in [0.25, 0.3) is 0 Å². The number of H-pyrrole nitrogens is 1. The SMILES string of the molecule is CCNC(Cc1ccc(OC)cc1)Cc1ncc[nH]1. The number of nitrogens with zero attached hydrogens (tertiary/aromatic N) is 1. The van der Waals surface area contributed by atoms with Crippen molar-refractivity contribution in [2.45, 2.75) is 25.8 Å². The molecule has 4 heteroatoms. The summed E-state index contributed by atoms with van der Waals surface area (Å²) >= 11 is 0. The van der Waals surface area contributed by atoms with Gasteiger partial charge >= 0.3 is 0 Å². The number of aromatic amines is 1. The van der Waals surface area contributed by atoms with Crippen LogP contribution in [0.15, 0.2) is 36.7 Å². The summed E-state index contributed by atoms with van der Waals surface area (Å²) in [7, 11) is 1.69. The molecule has 0 saturated carbocycles. The molecule has 0 bridgehead atoms. The Bertz CT molecular complexity index is 465. The van der Waals surface area contributed by atoms with Crippen molar-refractivity contribution in [1.82, 2.24) is 15.3 Å². The standard InChI is InChI=1S/C15H21N3O/c1-3-16-13(11-15-17-8-9-18-15)10-12-4-6-14(19-2)7-5-12/h4-9,13,16H,3,10-11H2,1-2H3,(H,17,18). The van der Waals surface area contributed by atoms with E-state index >= 15 is 0 Å². The minimum atomic E-state index is 0.393. The van der Waals surface area contributed by atoms with E-state index in [1.165, 1.54) is 5.56 Å². The van der Waals surface area contributed by atoms with E-state index in [1.54, 1.807) is 13.3 Å². The summed E-state index contributed by atoms with van der Waals surface area (Å²) in [4.78, 5) is 7.45. The maximum absolute atomic E-state index is 5.18. The number of aromatic nitrogens is 2. The highest BCUT2D eigenvalue weighted by Crippen LogP contribution is 2.13. The van der Waals surface area contributed by atoms with Crippen molar-refractivity contribution in [3.05, 3.63) is 48.0 Å². The highest BCUT2D eigenvalue weighted by atomic mass is 16.5. The average molecular weight is 259 g/mol. The molecule has 1 aromatic heterocycles. The summed E-state index contributed by atoms with van der Waals surface area (Å²) in [6, 6.07) is 8.64. The lowest BCUT2D eigenvalue weighted by Gasteiger charge is -2.17. The zero-order chi connectivity index (χ0) is 13.5. The second-order valence-electron chi connectivity index (χ2n) is 4.55. The van der Waals surface area contributed by atoms with Crippen LogP contribution in [0.25, 0.3) is 0 Å². The first-order valence-corrected chi connectivity index (χ1v) is 6.66. The van der Waals surface area contributed by atoms with Crippen molar-refractivity contribution in [2.24, 2.45) is 0 Å². The maximum Gasteiger partial charge on any atom is 0.118 e. The second kappa shape index (κ2) is 6.95. The lowest BCUT2D eigenvalue weighted by Crippen LogP contribution is -2.33. The van der Waals surface area contributed by atoms with Crippen LogP contribution in [0.1, 0.15) is 18.3 Å². The van der Waals surface area contributed by atoms with Crippen molar-refractivity contribution in [1.29, 1.82) is 0 Å². The van der Waals surface area contributed by atoms with E-state index in [0.717, 1.165) is 31.0 Å². The quantitative estimate of drug-likeness (QED) is 0.801. The van der Waals surface area contributed by atoms with Gasteiger partial charge in [-0.2, -0.15) is 0 Å². The zero-order valence-electron chi connectivity index (χ0n) is 11.5. The van der Waals surface area contributed by atoms with Gasteiger partial charge < -0.3 is 15.0 Å². The van der Waals surface area contributed by atoms with Gasteiger partial charge in [-0.3, -0.25) is 0 Å². The molecule has 0 fully saturated rings. The number of imidazole rings is 1. The van der Waals surface area contributed by atoms with E-state index in [0.29, 0.717) is 6.04 Å². The number of rotatable bonds is 7. The Morgan fingerprint density at radius 3 is 2.63 bits per heavy atom. The van der Waals surface area contributed by atoms with E-state index in [2.05, 4.69) is 34.3 Å². The molecular formula is C15H21N3O. The van der Waals surface area contributed by atoms with Crippen LogP contribution in [0.2, 0.25) is 0 Å². The van der Waals surface area contributed by atoms with Crippen LogP contribution in [0, 0.1) is 0 Å². The van der Waals surface area contributed by atoms with Crippen LogP contribution >= 0.6 is 0 Å². The number of likely N-dealkylation sites (N-methyl/N-ethyl adjacent to an activating group) is 1. The van der Waals surface area contributed by atoms with Crippen LogP contribution in [0.5, 0.6) is 5.75 Å². The monoisotopic (exact) mass is 259 g/mol. The van der Waals surface area contributed by atoms with Gasteiger partial charge in [0.15, 0.2) is 0 Å². The number of benzene rings is 1. The fourth-order valence-corrected chi connectivity index (χ4v) is 2.19. The molecule has 0 aliphatic rings. The Balaban J connectivity index is 1.98. The molecule has 4 nitrogen and oxygen atoms in total. The van der Waals surface area contributed by atoms with Crippen molar-refractivity contribution in [2.75, 3.05) is 13.7 Å². The second-order valence-corrected chi connectivity index (χ2v) is 4.55. The Morgan fingerprint density at radius 2 is 2.05 bits per heavy atom. The molecule has 0 spiro atoms. The lowest BCUT2D eigenvalue weighted by molar-refractivity contribution is 0.414. The van der Waals surface area contributed by atoms with Gasteiger partial charge in [0.05, 0.1) is 7.11 Å². The predicted octanol–water partition coefficient (Wildman–Crippen LogP) is 2.18. The topological polar surface area (TPSA) is 49.9 Å². The number of methoxy groups -OCH3 is 1. The number of hydrogen-bond acceptors (Lipinski definition) is 3. The first kappa shape index (κ1) is 13.6.